The molecule has 1 aliphatic rings. The molecular formula is C17H20BrF3S. The molecule has 0 nitrogen and oxygen atoms in total. The SMILES string of the molecule is CCc1ccc2c(c1)cc(C1CCCCC1)[s+]2C(F)(F)F.[Br-]. The van der Waals surface area contributed by atoms with Crippen molar-refractivity contribution < 1.29 is 30.2 Å². The van der Waals surface area contributed by atoms with E-state index in [9.17, 15) is 13.2 Å². The molecule has 1 atom stereocenters. The third kappa shape index (κ3) is 3.35. The number of halogens is 4. The zero-order valence-electron chi connectivity index (χ0n) is 12.5. The van der Waals surface area contributed by atoms with Crippen molar-refractivity contribution in [3.05, 3.63) is 34.7 Å². The number of alkyl halides is 3. The van der Waals surface area contributed by atoms with Gasteiger partial charge in [0.15, 0.2) is 9.58 Å². The van der Waals surface area contributed by atoms with Crippen molar-refractivity contribution in [3.63, 3.8) is 0 Å². The second-order valence-electron chi connectivity index (χ2n) is 5.86. The Kier molecular flexibility index (Phi) is 5.59. The summed E-state index contributed by atoms with van der Waals surface area (Å²) >= 11 is 0. The predicted octanol–water partition coefficient (Wildman–Crippen LogP) is 3.68. The smallest absolute Gasteiger partial charge is 0.600 e. The molecule has 1 fully saturated rings. The number of hydrogen-bond donors (Lipinski definition) is 0. The number of hydrogen-bond acceptors (Lipinski definition) is 0. The molecule has 5 heteroatoms. The monoisotopic (exact) mass is 392 g/mol. The summed E-state index contributed by atoms with van der Waals surface area (Å²) in [5.41, 5.74) is -3.04. The predicted molar refractivity (Wildman–Crippen MR) is 82.9 cm³/mol. The van der Waals surface area contributed by atoms with Crippen LogP contribution in [0, 0.1) is 0 Å². The fourth-order valence-corrected chi connectivity index (χ4v) is 5.53. The van der Waals surface area contributed by atoms with Gasteiger partial charge >= 0.3 is 5.51 Å². The third-order valence-electron chi connectivity index (χ3n) is 4.47. The lowest BCUT2D eigenvalue weighted by Gasteiger charge is -2.18. The van der Waals surface area contributed by atoms with Crippen LogP contribution in [0.4, 0.5) is 13.2 Å². The van der Waals surface area contributed by atoms with Crippen LogP contribution in [0.3, 0.4) is 0 Å². The number of thiophene rings is 1. The number of fused-ring (bicyclic) bond motifs is 1. The van der Waals surface area contributed by atoms with Gasteiger partial charge in [0.05, 0.1) is 10.5 Å². The molecular weight excluding hydrogens is 373 g/mol. The van der Waals surface area contributed by atoms with Gasteiger partial charge in [-0.25, -0.2) is 0 Å². The minimum absolute atomic E-state index is 0. The van der Waals surface area contributed by atoms with Crippen LogP contribution < -0.4 is 17.0 Å². The summed E-state index contributed by atoms with van der Waals surface area (Å²) in [7, 11) is -1.70. The Bertz CT molecular complexity index is 639. The molecule has 0 aliphatic heterocycles. The molecule has 0 N–H and O–H groups in total. The van der Waals surface area contributed by atoms with Crippen LogP contribution in [0.25, 0.3) is 10.1 Å². The molecule has 22 heavy (non-hydrogen) atoms. The molecule has 3 rings (SSSR count). The van der Waals surface area contributed by atoms with E-state index in [1.807, 2.05) is 25.1 Å². The lowest BCUT2D eigenvalue weighted by atomic mass is 9.88. The summed E-state index contributed by atoms with van der Waals surface area (Å²) in [5.74, 6) is 0.126. The average molecular weight is 393 g/mol. The number of rotatable bonds is 2. The molecule has 0 spiro atoms. The molecule has 1 aromatic carbocycles. The Morgan fingerprint density at radius 1 is 1.09 bits per heavy atom. The van der Waals surface area contributed by atoms with Gasteiger partial charge in [-0.3, -0.25) is 0 Å². The first kappa shape index (κ1) is 17.8. The van der Waals surface area contributed by atoms with E-state index in [0.29, 0.717) is 9.58 Å². The van der Waals surface area contributed by atoms with Gasteiger partial charge in [-0.1, -0.05) is 32.3 Å². The van der Waals surface area contributed by atoms with E-state index >= 15 is 0 Å². The highest BCUT2D eigenvalue weighted by Crippen LogP contribution is 2.55. The van der Waals surface area contributed by atoms with Crippen molar-refractivity contribution in [1.82, 2.24) is 0 Å². The Morgan fingerprint density at radius 3 is 2.36 bits per heavy atom. The summed E-state index contributed by atoms with van der Waals surface area (Å²) in [6.45, 7) is 2.03. The van der Waals surface area contributed by atoms with Crippen molar-refractivity contribution in [1.29, 1.82) is 0 Å². The van der Waals surface area contributed by atoms with Crippen LogP contribution in [0.15, 0.2) is 24.3 Å². The second kappa shape index (κ2) is 6.91. The molecule has 0 amide bonds. The summed E-state index contributed by atoms with van der Waals surface area (Å²) in [4.78, 5) is 0.644. The van der Waals surface area contributed by atoms with Crippen LogP contribution >= 0.6 is 10.5 Å². The van der Waals surface area contributed by atoms with E-state index in [4.69, 9.17) is 0 Å². The van der Waals surface area contributed by atoms with E-state index in [2.05, 4.69) is 0 Å². The summed E-state index contributed by atoms with van der Waals surface area (Å²) in [6, 6.07) is 7.34. The maximum Gasteiger partial charge on any atom is 0.600 e. The minimum Gasteiger partial charge on any atom is -1.00 e. The minimum atomic E-state index is -4.15. The maximum absolute atomic E-state index is 13.6. The summed E-state index contributed by atoms with van der Waals surface area (Å²) in [5, 5.41) is 0.801. The molecule has 2 aromatic rings. The van der Waals surface area contributed by atoms with Crippen LogP contribution in [-0.4, -0.2) is 0 Å². The van der Waals surface area contributed by atoms with Crippen LogP contribution in [0.1, 0.15) is 55.4 Å². The lowest BCUT2D eigenvalue weighted by molar-refractivity contribution is -0.0868. The lowest BCUT2D eigenvalue weighted by Crippen LogP contribution is -3.00. The van der Waals surface area contributed by atoms with Crippen LogP contribution in [0.2, 0.25) is 0 Å². The topological polar surface area (TPSA) is 0 Å². The standard InChI is InChI=1S/C17H20F3S.BrH/c1-2-12-8-9-15-14(10-12)11-16(21(15)17(18,19)20)13-6-4-3-5-7-13;/h8-11,13H,2-7H2,1H3;1H/q+1;/p-1. The number of benzene rings is 1. The van der Waals surface area contributed by atoms with Crippen LogP contribution in [0.5, 0.6) is 0 Å². The molecule has 1 aliphatic carbocycles. The highest BCUT2D eigenvalue weighted by atomic mass is 79.9. The maximum atomic E-state index is 13.6. The van der Waals surface area contributed by atoms with E-state index in [0.717, 1.165) is 49.5 Å². The third-order valence-corrected chi connectivity index (χ3v) is 6.67. The van der Waals surface area contributed by atoms with Gasteiger partial charge in [-0.2, -0.15) is 0 Å². The molecule has 122 valence electrons. The van der Waals surface area contributed by atoms with E-state index < -0.39 is 16.0 Å². The van der Waals surface area contributed by atoms with Gasteiger partial charge in [0.25, 0.3) is 0 Å². The van der Waals surface area contributed by atoms with Crippen molar-refractivity contribution in [3.8, 4) is 0 Å². The van der Waals surface area contributed by atoms with Crippen LogP contribution in [-0.2, 0) is 11.9 Å². The van der Waals surface area contributed by atoms with Gasteiger partial charge in [0, 0.05) is 17.4 Å². The van der Waals surface area contributed by atoms with Gasteiger partial charge in [-0.15, -0.1) is 13.2 Å². The van der Waals surface area contributed by atoms with Gasteiger partial charge in [0.1, 0.15) is 0 Å². The molecule has 1 unspecified atom stereocenters. The largest absolute Gasteiger partial charge is 1.00 e. The van der Waals surface area contributed by atoms with E-state index in [1.165, 1.54) is 0 Å². The second-order valence-corrected chi connectivity index (χ2v) is 7.85. The Labute approximate surface area is 142 Å². The average Bonchev–Trinajstić information content (AvgIpc) is 2.86. The van der Waals surface area contributed by atoms with Crippen molar-refractivity contribution >= 4 is 20.6 Å². The first-order valence-corrected chi connectivity index (χ1v) is 8.89. The quantitative estimate of drug-likeness (QED) is 0.683. The Morgan fingerprint density at radius 2 is 1.77 bits per heavy atom. The van der Waals surface area contributed by atoms with E-state index in [-0.39, 0.29) is 22.9 Å². The first-order chi connectivity index (χ1) is 10.0. The molecule has 1 aromatic heterocycles. The fourth-order valence-electron chi connectivity index (χ4n) is 3.39. The molecule has 0 bridgehead atoms. The zero-order valence-corrected chi connectivity index (χ0v) is 15.0. The Hall–Kier alpha value is -0.550. The highest BCUT2D eigenvalue weighted by Gasteiger charge is 2.49. The van der Waals surface area contributed by atoms with Crippen molar-refractivity contribution in [2.75, 3.05) is 0 Å². The summed E-state index contributed by atoms with van der Waals surface area (Å²) in [6.07, 6.45) is 5.98. The molecule has 0 radical (unpaired) electrons. The first-order valence-electron chi connectivity index (χ1n) is 7.66. The van der Waals surface area contributed by atoms with Gasteiger partial charge < -0.3 is 17.0 Å². The zero-order chi connectivity index (χ0) is 15.0. The highest BCUT2D eigenvalue weighted by molar-refractivity contribution is 7.38. The number of aryl methyl sites for hydroxylation is 1. The van der Waals surface area contributed by atoms with E-state index in [1.54, 1.807) is 6.07 Å². The fraction of sp³-hybridized carbons (Fsp3) is 0.529. The molecule has 1 saturated carbocycles. The Balaban J connectivity index is 0.00000176. The normalized spacial score (nSPS) is 17.5. The van der Waals surface area contributed by atoms with Gasteiger partial charge in [0.2, 0.25) is 0 Å². The molecule has 0 saturated heterocycles. The van der Waals surface area contributed by atoms with Crippen molar-refractivity contribution in [2.45, 2.75) is 56.9 Å². The summed E-state index contributed by atoms with van der Waals surface area (Å²) < 4.78 is 41.3. The van der Waals surface area contributed by atoms with Crippen molar-refractivity contribution in [2.24, 2.45) is 0 Å². The van der Waals surface area contributed by atoms with Gasteiger partial charge in [-0.05, 0) is 37.0 Å². The molecule has 1 heterocycles.